The number of hydrogen-bond acceptors (Lipinski definition) is 15. The maximum Gasteiger partial charge on any atom is 0.420 e. The summed E-state index contributed by atoms with van der Waals surface area (Å²) in [5, 5.41) is 10.6. The van der Waals surface area contributed by atoms with E-state index in [0.29, 0.717) is 65.7 Å². The highest BCUT2D eigenvalue weighted by atomic mass is 79.9. The third-order valence-electron chi connectivity index (χ3n) is 14.5. The first-order chi connectivity index (χ1) is 35.2. The average Bonchev–Trinajstić information content (AvgIpc) is 3.69. The number of anilines is 6. The second kappa shape index (κ2) is 22.3. The van der Waals surface area contributed by atoms with Gasteiger partial charge in [0.15, 0.2) is 5.58 Å². The van der Waals surface area contributed by atoms with Crippen LogP contribution in [0.5, 0.6) is 5.75 Å². The van der Waals surface area contributed by atoms with Gasteiger partial charge < -0.3 is 39.1 Å². The number of piperazine rings is 1. The van der Waals surface area contributed by atoms with Crippen LogP contribution >= 0.6 is 23.1 Å². The number of pyridine rings is 1. The molecule has 3 aliphatic heterocycles. The number of oxazole rings is 1. The van der Waals surface area contributed by atoms with Crippen LogP contribution in [-0.4, -0.2) is 127 Å². The molecule has 20 heteroatoms. The topological polar surface area (TPSA) is 183 Å². The van der Waals surface area contributed by atoms with Crippen LogP contribution in [0.25, 0.3) is 22.0 Å². The number of halogens is 2. The predicted molar refractivity (Wildman–Crippen MR) is 291 cm³/mol. The molecule has 73 heavy (non-hydrogen) atoms. The van der Waals surface area contributed by atoms with E-state index in [4.69, 9.17) is 19.1 Å². The smallest absolute Gasteiger partial charge is 0.420 e. The summed E-state index contributed by atoms with van der Waals surface area (Å²) >= 11 is 3.64. The van der Waals surface area contributed by atoms with E-state index in [0.717, 1.165) is 105 Å². The normalized spacial score (nSPS) is 16.7. The van der Waals surface area contributed by atoms with Crippen LogP contribution in [0.2, 0.25) is 0 Å². The summed E-state index contributed by atoms with van der Waals surface area (Å²) in [5.74, 6) is 0.107. The Morgan fingerprint density at radius 3 is 2.38 bits per heavy atom. The lowest BCUT2D eigenvalue weighted by Gasteiger charge is -2.46. The van der Waals surface area contributed by atoms with Crippen molar-refractivity contribution >= 4 is 97.2 Å². The maximum atomic E-state index is 15.1. The molecule has 17 nitrogen and oxygen atoms in total. The Labute approximate surface area is 433 Å². The molecule has 3 aliphatic rings. The fraction of sp³-hybridized carbons (Fsp3) is 0.472. The zero-order valence-corrected chi connectivity index (χ0v) is 45.0. The Balaban J connectivity index is 0.802. The molecule has 9 rings (SSSR count). The van der Waals surface area contributed by atoms with Crippen LogP contribution in [-0.2, 0) is 27.0 Å². The van der Waals surface area contributed by atoms with Crippen molar-refractivity contribution in [3.63, 3.8) is 0 Å². The third-order valence-corrected chi connectivity index (χ3v) is 16.6. The molecule has 6 aromatic rings. The number of piperidine rings is 1. The minimum absolute atomic E-state index is 0.206. The second-order valence-electron chi connectivity index (χ2n) is 19.7. The first-order valence-corrected chi connectivity index (χ1v) is 29.0. The molecule has 3 saturated heterocycles. The Bertz CT molecular complexity index is 3110. The fourth-order valence-corrected chi connectivity index (χ4v) is 12.7. The number of fused-ring (bicyclic) bond motifs is 2. The van der Waals surface area contributed by atoms with E-state index in [-0.39, 0.29) is 23.9 Å². The van der Waals surface area contributed by atoms with E-state index in [1.165, 1.54) is 28.0 Å². The number of nitrogens with zero attached hydrogens (tertiary/aromatic N) is 8. The molecule has 0 bridgehead atoms. The SMILES string of the molecule is CCCC(C(=O)NC=O)n1c(=O)oc2c(N3CC(CN4CCN(C5CCN(c6cc(OCC)c(Nc7ncc(Br)c(Nc8ccc9nc(CC)ccc9c8P(C)(C)=O)n7)cc6CC)CC5)CC4)C3)cc(F)cc21. The molecule has 1 unspecified atom stereocenters. The Morgan fingerprint density at radius 1 is 0.932 bits per heavy atom. The zero-order chi connectivity index (χ0) is 51.6. The van der Waals surface area contributed by atoms with E-state index in [1.807, 2.05) is 43.0 Å². The van der Waals surface area contributed by atoms with E-state index in [9.17, 15) is 18.9 Å². The Morgan fingerprint density at radius 2 is 1.70 bits per heavy atom. The van der Waals surface area contributed by atoms with Gasteiger partial charge in [0.05, 0.1) is 39.2 Å². The molecule has 3 aromatic heterocycles. The monoisotopic (exact) mass is 1080 g/mol. The summed E-state index contributed by atoms with van der Waals surface area (Å²) in [6.45, 7) is 20.3. The molecule has 0 spiro atoms. The number of carbonyl (C=O) groups excluding carboxylic acids is 2. The minimum Gasteiger partial charge on any atom is -0.492 e. The fourth-order valence-electron chi connectivity index (χ4n) is 10.9. The largest absolute Gasteiger partial charge is 0.492 e. The summed E-state index contributed by atoms with van der Waals surface area (Å²) in [5.41, 5.74) is 6.62. The molecule has 388 valence electrons. The molecule has 6 heterocycles. The van der Waals surface area contributed by atoms with Gasteiger partial charge >= 0.3 is 5.76 Å². The van der Waals surface area contributed by atoms with Crippen LogP contribution in [0.15, 0.2) is 68.4 Å². The number of carbonyl (C=O) groups is 2. The number of hydrogen-bond donors (Lipinski definition) is 3. The number of amides is 2. The Kier molecular flexibility index (Phi) is 15.9. The predicted octanol–water partition coefficient (Wildman–Crippen LogP) is 8.43. The summed E-state index contributed by atoms with van der Waals surface area (Å²) in [4.78, 5) is 60.9. The van der Waals surface area contributed by atoms with Crippen molar-refractivity contribution in [3.8, 4) is 5.75 Å². The number of aryl methyl sites for hydroxylation is 2. The number of rotatable bonds is 19. The van der Waals surface area contributed by atoms with Crippen molar-refractivity contribution < 1.29 is 27.7 Å². The van der Waals surface area contributed by atoms with Gasteiger partial charge in [-0.25, -0.2) is 14.2 Å². The van der Waals surface area contributed by atoms with Crippen LogP contribution in [0.4, 0.5) is 38.9 Å². The van der Waals surface area contributed by atoms with E-state index >= 15 is 4.39 Å². The molecule has 3 N–H and O–H groups in total. The minimum atomic E-state index is -2.75. The molecule has 0 radical (unpaired) electrons. The van der Waals surface area contributed by atoms with Crippen molar-refractivity contribution in [1.29, 1.82) is 0 Å². The maximum absolute atomic E-state index is 15.1. The molecular formula is C53H66BrFN11O6P. The van der Waals surface area contributed by atoms with Crippen LogP contribution in [0.1, 0.15) is 70.7 Å². The highest BCUT2D eigenvalue weighted by Crippen LogP contribution is 2.43. The molecule has 1 atom stereocenters. The van der Waals surface area contributed by atoms with Crippen molar-refractivity contribution in [1.82, 2.24) is 34.6 Å². The summed E-state index contributed by atoms with van der Waals surface area (Å²) in [7, 11) is -2.75. The van der Waals surface area contributed by atoms with Gasteiger partial charge in [-0.05, 0) is 98.1 Å². The van der Waals surface area contributed by atoms with Crippen molar-refractivity contribution in [2.24, 2.45) is 5.92 Å². The number of imide groups is 1. The lowest BCUT2D eigenvalue weighted by atomic mass is 9.97. The number of aromatic nitrogens is 4. The third kappa shape index (κ3) is 11.2. The summed E-state index contributed by atoms with van der Waals surface area (Å²) < 4.78 is 42.6. The summed E-state index contributed by atoms with van der Waals surface area (Å²) in [6.07, 6.45) is 6.62. The van der Waals surface area contributed by atoms with Gasteiger partial charge in [0, 0.05) is 117 Å². The number of benzene rings is 3. The highest BCUT2D eigenvalue weighted by Gasteiger charge is 2.35. The average molecular weight is 1080 g/mol. The van der Waals surface area contributed by atoms with Gasteiger partial charge in [0.25, 0.3) is 0 Å². The lowest BCUT2D eigenvalue weighted by Crippen LogP contribution is -2.57. The van der Waals surface area contributed by atoms with Crippen LogP contribution in [0, 0.1) is 11.7 Å². The van der Waals surface area contributed by atoms with Gasteiger partial charge in [-0.1, -0.05) is 33.3 Å². The van der Waals surface area contributed by atoms with Gasteiger partial charge in [0.2, 0.25) is 18.3 Å². The van der Waals surface area contributed by atoms with Crippen molar-refractivity contribution in [2.45, 2.75) is 78.3 Å². The number of ether oxygens (including phenoxy) is 1. The number of nitrogens with one attached hydrogen (secondary N) is 3. The van der Waals surface area contributed by atoms with Crippen molar-refractivity contribution in [2.75, 3.05) is 99.3 Å². The molecule has 3 aromatic carbocycles. The van der Waals surface area contributed by atoms with Gasteiger partial charge in [-0.3, -0.25) is 29.4 Å². The second-order valence-corrected chi connectivity index (χ2v) is 23.7. The van der Waals surface area contributed by atoms with Crippen LogP contribution in [0.3, 0.4) is 0 Å². The van der Waals surface area contributed by atoms with E-state index in [1.54, 1.807) is 19.5 Å². The lowest BCUT2D eigenvalue weighted by molar-refractivity contribution is -0.128. The van der Waals surface area contributed by atoms with Crippen molar-refractivity contribution in [3.05, 3.63) is 86.8 Å². The summed E-state index contributed by atoms with van der Waals surface area (Å²) in [6, 6.07) is 14.3. The molecule has 3 fully saturated rings. The quantitative estimate of drug-likeness (QED) is 0.0519. The van der Waals surface area contributed by atoms with Gasteiger partial charge in [-0.2, -0.15) is 4.98 Å². The molecule has 0 saturated carbocycles. The van der Waals surface area contributed by atoms with Gasteiger partial charge in [0.1, 0.15) is 30.6 Å². The zero-order valence-electron chi connectivity index (χ0n) is 42.5. The standard InChI is InChI=1S/C53H66BrFN11O6P/c1-7-11-43(51(68)57-32-67)66-46-26-35(55)25-45(48(46)72-53(66)69)65-30-33(31-65)29-62-20-22-63(23-21-62)37-16-18-64(19-17-37)44-27-47(71-10-4)42(24-34(44)8-2)60-52-56-28-39(54)50(61-52)59-41-15-14-40-38(49(41)73(5,6)70)13-12-36(9-3)58-40/h12-15,24-28,32-33,37,43H,7-11,16-23,29-31H2,1-6H3,(H,57,67,68)(H2,56,59,60,61). The van der Waals surface area contributed by atoms with E-state index in [2.05, 4.69) is 77.5 Å². The first-order valence-electron chi connectivity index (χ1n) is 25.6. The molecule has 0 aliphatic carbocycles. The first kappa shape index (κ1) is 52.0. The van der Waals surface area contributed by atoms with Gasteiger partial charge in [-0.15, -0.1) is 0 Å². The molecule has 2 amide bonds. The van der Waals surface area contributed by atoms with E-state index < -0.39 is 30.7 Å². The molecular weight excluding hydrogens is 1020 g/mol. The Hall–Kier alpha value is -5.88. The van der Waals surface area contributed by atoms with Crippen LogP contribution < -0.4 is 41.5 Å². The highest BCUT2D eigenvalue weighted by molar-refractivity contribution is 9.10.